The van der Waals surface area contributed by atoms with Crippen LogP contribution in [0.15, 0.2) is 53.3 Å². The van der Waals surface area contributed by atoms with Crippen molar-refractivity contribution in [3.05, 3.63) is 65.8 Å². The Balaban J connectivity index is 1.92. The molecular formula is C20H20N4O. The Hall–Kier alpha value is -3.08. The van der Waals surface area contributed by atoms with E-state index >= 15 is 0 Å². The highest BCUT2D eigenvalue weighted by Gasteiger charge is 2.18. The number of rotatable bonds is 4. The fraction of sp³-hybridized carbons (Fsp3) is 0.200. The monoisotopic (exact) mass is 332 g/mol. The number of furan rings is 1. The van der Waals surface area contributed by atoms with Gasteiger partial charge in [0.15, 0.2) is 11.4 Å². The molecule has 0 aliphatic carbocycles. The number of anilines is 2. The highest BCUT2D eigenvalue weighted by Crippen LogP contribution is 2.34. The zero-order valence-corrected chi connectivity index (χ0v) is 14.6. The van der Waals surface area contributed by atoms with E-state index in [0.29, 0.717) is 0 Å². The van der Waals surface area contributed by atoms with E-state index in [2.05, 4.69) is 42.3 Å². The Bertz CT molecular complexity index is 1040. The fourth-order valence-corrected chi connectivity index (χ4v) is 3.08. The van der Waals surface area contributed by atoms with Crippen LogP contribution in [0.3, 0.4) is 0 Å². The fourth-order valence-electron chi connectivity index (χ4n) is 3.08. The molecule has 0 unspecified atom stereocenters. The van der Waals surface area contributed by atoms with Crippen molar-refractivity contribution in [2.75, 3.05) is 5.32 Å². The Kier molecular flexibility index (Phi) is 3.76. The highest BCUT2D eigenvalue weighted by molar-refractivity contribution is 5.79. The van der Waals surface area contributed by atoms with E-state index in [-0.39, 0.29) is 0 Å². The van der Waals surface area contributed by atoms with Gasteiger partial charge in [0.25, 0.3) is 0 Å². The standard InChI is InChI=1S/C20H20N4O/c1-4-15-7-5-6-13(2)18(15)23-20-19(16-9-8-14(3)25-16)22-17-12-21-10-11-24(17)20/h5-12,23H,4H2,1-3H3. The van der Waals surface area contributed by atoms with Gasteiger partial charge in [0.05, 0.1) is 6.20 Å². The molecule has 0 saturated carbocycles. The van der Waals surface area contributed by atoms with Gasteiger partial charge in [0.1, 0.15) is 17.3 Å². The molecule has 3 aromatic heterocycles. The summed E-state index contributed by atoms with van der Waals surface area (Å²) in [6.45, 7) is 6.21. The van der Waals surface area contributed by atoms with Crippen LogP contribution in [-0.2, 0) is 6.42 Å². The summed E-state index contributed by atoms with van der Waals surface area (Å²) in [5.74, 6) is 2.49. The zero-order chi connectivity index (χ0) is 17.4. The first kappa shape index (κ1) is 15.4. The maximum atomic E-state index is 5.83. The number of imidazole rings is 1. The van der Waals surface area contributed by atoms with Crippen molar-refractivity contribution in [3.8, 4) is 11.5 Å². The van der Waals surface area contributed by atoms with Crippen molar-refractivity contribution in [1.29, 1.82) is 0 Å². The molecule has 0 spiro atoms. The van der Waals surface area contributed by atoms with Gasteiger partial charge in [-0.3, -0.25) is 9.38 Å². The summed E-state index contributed by atoms with van der Waals surface area (Å²) >= 11 is 0. The second kappa shape index (κ2) is 6.09. The van der Waals surface area contributed by atoms with Crippen LogP contribution in [0.1, 0.15) is 23.8 Å². The van der Waals surface area contributed by atoms with Crippen LogP contribution in [0.2, 0.25) is 0 Å². The smallest absolute Gasteiger partial charge is 0.157 e. The first-order valence-corrected chi connectivity index (χ1v) is 8.41. The molecule has 4 aromatic rings. The van der Waals surface area contributed by atoms with E-state index in [1.54, 1.807) is 12.4 Å². The zero-order valence-electron chi connectivity index (χ0n) is 14.6. The van der Waals surface area contributed by atoms with Gasteiger partial charge >= 0.3 is 0 Å². The number of nitrogens with one attached hydrogen (secondary N) is 1. The van der Waals surface area contributed by atoms with Crippen LogP contribution in [0.5, 0.6) is 0 Å². The summed E-state index contributed by atoms with van der Waals surface area (Å²) < 4.78 is 7.83. The molecule has 4 rings (SSSR count). The van der Waals surface area contributed by atoms with Crippen molar-refractivity contribution >= 4 is 17.2 Å². The summed E-state index contributed by atoms with van der Waals surface area (Å²) in [6, 6.07) is 10.3. The van der Waals surface area contributed by atoms with Gasteiger partial charge in [-0.05, 0) is 43.5 Å². The summed E-state index contributed by atoms with van der Waals surface area (Å²) in [6.07, 6.45) is 6.38. The number of nitrogens with zero attached hydrogens (tertiary/aromatic N) is 3. The number of hydrogen-bond acceptors (Lipinski definition) is 4. The predicted octanol–water partition coefficient (Wildman–Crippen LogP) is 4.91. The van der Waals surface area contributed by atoms with E-state index in [4.69, 9.17) is 9.40 Å². The van der Waals surface area contributed by atoms with Crippen LogP contribution in [0, 0.1) is 13.8 Å². The Labute approximate surface area is 146 Å². The SMILES string of the molecule is CCc1cccc(C)c1Nc1c(-c2ccc(C)o2)nc2cnccn12. The third-order valence-corrected chi connectivity index (χ3v) is 4.39. The molecule has 5 nitrogen and oxygen atoms in total. The van der Waals surface area contributed by atoms with Gasteiger partial charge in [0, 0.05) is 18.1 Å². The molecule has 1 aromatic carbocycles. The maximum Gasteiger partial charge on any atom is 0.157 e. The Morgan fingerprint density at radius 3 is 2.80 bits per heavy atom. The van der Waals surface area contributed by atoms with E-state index in [9.17, 15) is 0 Å². The lowest BCUT2D eigenvalue weighted by molar-refractivity contribution is 0.547. The molecule has 0 atom stereocenters. The van der Waals surface area contributed by atoms with Gasteiger partial charge in [-0.2, -0.15) is 0 Å². The minimum atomic E-state index is 0.746. The third-order valence-electron chi connectivity index (χ3n) is 4.39. The molecule has 0 radical (unpaired) electrons. The number of aryl methyl sites for hydroxylation is 3. The van der Waals surface area contributed by atoms with Crippen molar-refractivity contribution in [2.24, 2.45) is 0 Å². The van der Waals surface area contributed by atoms with E-state index in [0.717, 1.165) is 40.8 Å². The number of aromatic nitrogens is 3. The number of benzene rings is 1. The van der Waals surface area contributed by atoms with Crippen molar-refractivity contribution < 1.29 is 4.42 Å². The lowest BCUT2D eigenvalue weighted by Crippen LogP contribution is -2.02. The Morgan fingerprint density at radius 1 is 1.16 bits per heavy atom. The van der Waals surface area contributed by atoms with Crippen molar-refractivity contribution in [2.45, 2.75) is 27.2 Å². The predicted molar refractivity (Wildman–Crippen MR) is 99.3 cm³/mol. The minimum Gasteiger partial charge on any atom is -0.460 e. The molecule has 0 saturated heterocycles. The topological polar surface area (TPSA) is 55.4 Å². The van der Waals surface area contributed by atoms with Gasteiger partial charge < -0.3 is 9.73 Å². The number of hydrogen-bond donors (Lipinski definition) is 1. The van der Waals surface area contributed by atoms with Gasteiger partial charge in [0.2, 0.25) is 0 Å². The Morgan fingerprint density at radius 2 is 2.04 bits per heavy atom. The number of para-hydroxylation sites is 1. The van der Waals surface area contributed by atoms with Crippen LogP contribution < -0.4 is 5.32 Å². The number of fused-ring (bicyclic) bond motifs is 1. The first-order chi connectivity index (χ1) is 12.2. The molecule has 0 amide bonds. The largest absolute Gasteiger partial charge is 0.460 e. The second-order valence-corrected chi connectivity index (χ2v) is 6.11. The second-order valence-electron chi connectivity index (χ2n) is 6.11. The normalized spacial score (nSPS) is 11.2. The quantitative estimate of drug-likeness (QED) is 0.577. The van der Waals surface area contributed by atoms with E-state index in [1.807, 2.05) is 29.7 Å². The maximum absolute atomic E-state index is 5.83. The summed E-state index contributed by atoms with van der Waals surface area (Å²) in [5, 5.41) is 3.60. The van der Waals surface area contributed by atoms with Crippen molar-refractivity contribution in [3.63, 3.8) is 0 Å². The molecule has 0 aliphatic rings. The highest BCUT2D eigenvalue weighted by atomic mass is 16.3. The molecule has 5 heteroatoms. The lowest BCUT2D eigenvalue weighted by atomic mass is 10.1. The van der Waals surface area contributed by atoms with Crippen LogP contribution in [-0.4, -0.2) is 14.4 Å². The van der Waals surface area contributed by atoms with Crippen LogP contribution in [0.25, 0.3) is 17.1 Å². The van der Waals surface area contributed by atoms with E-state index < -0.39 is 0 Å². The molecule has 0 bridgehead atoms. The molecule has 25 heavy (non-hydrogen) atoms. The summed E-state index contributed by atoms with van der Waals surface area (Å²) in [5.41, 5.74) is 5.15. The van der Waals surface area contributed by atoms with E-state index in [1.165, 1.54) is 11.1 Å². The van der Waals surface area contributed by atoms with Gasteiger partial charge in [-0.1, -0.05) is 25.1 Å². The van der Waals surface area contributed by atoms with Crippen LogP contribution >= 0.6 is 0 Å². The molecule has 3 heterocycles. The molecule has 0 aliphatic heterocycles. The van der Waals surface area contributed by atoms with Crippen LogP contribution in [0.4, 0.5) is 11.5 Å². The van der Waals surface area contributed by atoms with Crippen molar-refractivity contribution in [1.82, 2.24) is 14.4 Å². The molecule has 1 N–H and O–H groups in total. The van der Waals surface area contributed by atoms with Gasteiger partial charge in [-0.15, -0.1) is 0 Å². The summed E-state index contributed by atoms with van der Waals surface area (Å²) in [7, 11) is 0. The average Bonchev–Trinajstić information content (AvgIpc) is 3.20. The molecule has 126 valence electrons. The third kappa shape index (κ3) is 2.67. The summed E-state index contributed by atoms with van der Waals surface area (Å²) in [4.78, 5) is 8.90. The molecular weight excluding hydrogens is 312 g/mol. The average molecular weight is 332 g/mol. The minimum absolute atomic E-state index is 0.746. The lowest BCUT2D eigenvalue weighted by Gasteiger charge is -2.14. The molecule has 0 fully saturated rings. The first-order valence-electron chi connectivity index (χ1n) is 8.41. The van der Waals surface area contributed by atoms with Gasteiger partial charge in [-0.25, -0.2) is 4.98 Å².